The lowest BCUT2D eigenvalue weighted by atomic mass is 9.99. The average Bonchev–Trinajstić information content (AvgIpc) is 2.51. The van der Waals surface area contributed by atoms with Crippen molar-refractivity contribution in [1.29, 1.82) is 10.5 Å². The third-order valence-electron chi connectivity index (χ3n) is 2.91. The van der Waals surface area contributed by atoms with Crippen molar-refractivity contribution in [3.05, 3.63) is 57.9 Å². The van der Waals surface area contributed by atoms with E-state index < -0.39 is 63.0 Å². The maximum atomic E-state index is 13.8. The van der Waals surface area contributed by atoms with E-state index in [1.165, 1.54) is 0 Å². The fourth-order valence-corrected chi connectivity index (χ4v) is 1.85. The smallest absolute Gasteiger partial charge is 0.180 e. The van der Waals surface area contributed by atoms with E-state index in [4.69, 9.17) is 10.5 Å². The highest BCUT2D eigenvalue weighted by Crippen LogP contribution is 2.35. The van der Waals surface area contributed by atoms with Crippen molar-refractivity contribution in [2.75, 3.05) is 0 Å². The van der Waals surface area contributed by atoms with Gasteiger partial charge in [-0.15, -0.1) is 0 Å². The van der Waals surface area contributed by atoms with Gasteiger partial charge in [0.15, 0.2) is 34.9 Å². The van der Waals surface area contributed by atoms with Crippen LogP contribution in [0.2, 0.25) is 0 Å². The van der Waals surface area contributed by atoms with Crippen LogP contribution < -0.4 is 0 Å². The first-order chi connectivity index (χ1) is 10.8. The Morgan fingerprint density at radius 2 is 1.04 bits per heavy atom. The molecule has 0 amide bonds. The molecule has 0 saturated heterocycles. The number of nitriles is 2. The maximum absolute atomic E-state index is 13.8. The molecule has 2 rings (SSSR count). The predicted molar refractivity (Wildman–Crippen MR) is 61.0 cm³/mol. The van der Waals surface area contributed by atoms with Crippen LogP contribution >= 0.6 is 0 Å². The van der Waals surface area contributed by atoms with Gasteiger partial charge in [0.05, 0.1) is 5.56 Å². The summed E-state index contributed by atoms with van der Waals surface area (Å²) in [6.07, 6.45) is 0. The van der Waals surface area contributed by atoms with Gasteiger partial charge in [-0.05, 0) is 6.07 Å². The molecule has 0 aliphatic carbocycles. The number of halogens is 7. The minimum atomic E-state index is -2.21. The average molecular weight is 330 g/mol. The lowest BCUT2D eigenvalue weighted by Crippen LogP contribution is -2.07. The highest BCUT2D eigenvalue weighted by molar-refractivity contribution is 5.68. The molecule has 116 valence electrons. The van der Waals surface area contributed by atoms with Crippen molar-refractivity contribution in [3.63, 3.8) is 0 Å². The molecule has 0 aromatic heterocycles. The van der Waals surface area contributed by atoms with Crippen molar-refractivity contribution < 1.29 is 30.7 Å². The van der Waals surface area contributed by atoms with Gasteiger partial charge in [0.2, 0.25) is 0 Å². The van der Waals surface area contributed by atoms with Crippen molar-refractivity contribution in [3.8, 4) is 23.3 Å². The van der Waals surface area contributed by atoms with E-state index in [2.05, 4.69) is 0 Å². The molecule has 0 bridgehead atoms. The summed E-state index contributed by atoms with van der Waals surface area (Å²) >= 11 is 0. The van der Waals surface area contributed by atoms with Crippen LogP contribution in [0.1, 0.15) is 11.1 Å². The summed E-state index contributed by atoms with van der Waals surface area (Å²) in [7, 11) is 0. The topological polar surface area (TPSA) is 47.6 Å². The Labute approximate surface area is 123 Å². The number of hydrogen-bond donors (Lipinski definition) is 0. The van der Waals surface area contributed by atoms with Gasteiger partial charge in [-0.2, -0.15) is 10.5 Å². The van der Waals surface area contributed by atoms with E-state index in [-0.39, 0.29) is 6.07 Å². The molecule has 2 aromatic carbocycles. The van der Waals surface area contributed by atoms with Crippen LogP contribution in [-0.2, 0) is 0 Å². The summed E-state index contributed by atoms with van der Waals surface area (Å²) in [4.78, 5) is 0. The Morgan fingerprint density at radius 1 is 0.609 bits per heavy atom. The van der Waals surface area contributed by atoms with Crippen LogP contribution in [-0.4, -0.2) is 0 Å². The highest BCUT2D eigenvalue weighted by Gasteiger charge is 2.30. The Morgan fingerprint density at radius 3 is 1.48 bits per heavy atom. The van der Waals surface area contributed by atoms with Gasteiger partial charge in [0.25, 0.3) is 0 Å². The largest absolute Gasteiger partial charge is 0.205 e. The van der Waals surface area contributed by atoms with E-state index in [0.29, 0.717) is 0 Å². The zero-order valence-electron chi connectivity index (χ0n) is 10.6. The quantitative estimate of drug-likeness (QED) is 0.584. The SMILES string of the molecule is N#Cc1c(F)cc(-c2c(F)c(F)c(C#N)c(F)c2F)c(F)c1F. The van der Waals surface area contributed by atoms with Crippen LogP contribution in [0.4, 0.5) is 30.7 Å². The molecule has 0 saturated carbocycles. The number of benzene rings is 2. The molecular formula is C14HF7N2. The second kappa shape index (κ2) is 5.61. The van der Waals surface area contributed by atoms with Crippen LogP contribution in [0.15, 0.2) is 6.07 Å². The summed E-state index contributed by atoms with van der Waals surface area (Å²) in [6, 6.07) is 1.87. The molecular weight excluding hydrogens is 329 g/mol. The van der Waals surface area contributed by atoms with E-state index >= 15 is 0 Å². The molecule has 0 heterocycles. The maximum Gasteiger partial charge on any atom is 0.180 e. The summed E-state index contributed by atoms with van der Waals surface area (Å²) in [5, 5.41) is 16.9. The number of hydrogen-bond acceptors (Lipinski definition) is 2. The first-order valence-corrected chi connectivity index (χ1v) is 5.60. The summed E-state index contributed by atoms with van der Waals surface area (Å²) in [5.74, 6) is -14.6. The van der Waals surface area contributed by atoms with E-state index in [1.807, 2.05) is 0 Å². The molecule has 0 aliphatic heterocycles. The van der Waals surface area contributed by atoms with Gasteiger partial charge in [-0.1, -0.05) is 0 Å². The van der Waals surface area contributed by atoms with Crippen molar-refractivity contribution in [2.45, 2.75) is 0 Å². The minimum absolute atomic E-state index is 0.0172. The van der Waals surface area contributed by atoms with Crippen molar-refractivity contribution in [1.82, 2.24) is 0 Å². The lowest BCUT2D eigenvalue weighted by molar-refractivity contribution is 0.450. The Bertz CT molecular complexity index is 894. The van der Waals surface area contributed by atoms with E-state index in [9.17, 15) is 30.7 Å². The van der Waals surface area contributed by atoms with E-state index in [0.717, 1.165) is 12.1 Å². The van der Waals surface area contributed by atoms with Crippen molar-refractivity contribution >= 4 is 0 Å². The molecule has 0 aliphatic rings. The van der Waals surface area contributed by atoms with E-state index in [1.54, 1.807) is 0 Å². The molecule has 0 radical (unpaired) electrons. The summed E-state index contributed by atoms with van der Waals surface area (Å²) in [5.41, 5.74) is -6.20. The van der Waals surface area contributed by atoms with Gasteiger partial charge < -0.3 is 0 Å². The predicted octanol–water partition coefficient (Wildman–Crippen LogP) is 4.07. The Balaban J connectivity index is 2.96. The lowest BCUT2D eigenvalue weighted by Gasteiger charge is -2.11. The minimum Gasteiger partial charge on any atom is -0.205 e. The van der Waals surface area contributed by atoms with Crippen LogP contribution in [0.3, 0.4) is 0 Å². The fourth-order valence-electron chi connectivity index (χ4n) is 1.85. The third kappa shape index (κ3) is 2.27. The molecule has 0 spiro atoms. The Kier molecular flexibility index (Phi) is 3.98. The first-order valence-electron chi connectivity index (χ1n) is 5.60. The third-order valence-corrected chi connectivity index (χ3v) is 2.91. The van der Waals surface area contributed by atoms with Gasteiger partial charge in [0, 0.05) is 5.56 Å². The zero-order valence-corrected chi connectivity index (χ0v) is 10.6. The molecule has 0 atom stereocenters. The molecule has 23 heavy (non-hydrogen) atoms. The van der Waals surface area contributed by atoms with Gasteiger partial charge in [0.1, 0.15) is 29.1 Å². The van der Waals surface area contributed by atoms with Gasteiger partial charge >= 0.3 is 0 Å². The molecule has 0 fully saturated rings. The highest BCUT2D eigenvalue weighted by atomic mass is 19.2. The van der Waals surface area contributed by atoms with Gasteiger partial charge in [-0.3, -0.25) is 0 Å². The molecule has 9 heteroatoms. The second-order valence-electron chi connectivity index (χ2n) is 4.14. The zero-order chi connectivity index (χ0) is 17.5. The van der Waals surface area contributed by atoms with Crippen molar-refractivity contribution in [2.24, 2.45) is 0 Å². The number of nitrogens with zero attached hydrogens (tertiary/aromatic N) is 2. The second-order valence-corrected chi connectivity index (χ2v) is 4.14. The van der Waals surface area contributed by atoms with Crippen LogP contribution in [0, 0.1) is 63.4 Å². The molecule has 2 nitrogen and oxygen atoms in total. The Hall–Kier alpha value is -3.07. The molecule has 0 N–H and O–H groups in total. The summed E-state index contributed by atoms with van der Waals surface area (Å²) < 4.78 is 95.3. The molecule has 2 aromatic rings. The van der Waals surface area contributed by atoms with Crippen LogP contribution in [0.25, 0.3) is 11.1 Å². The normalized spacial score (nSPS) is 10.3. The number of rotatable bonds is 1. The fraction of sp³-hybridized carbons (Fsp3) is 0. The molecule has 0 unspecified atom stereocenters. The summed E-state index contributed by atoms with van der Waals surface area (Å²) in [6.45, 7) is 0. The standard InChI is InChI=1S/C14HF7N2/c15-7-1-4(9(16)10(17)5(7)2-22)8-13(20)11(18)6(3-23)12(19)14(8)21/h1H. The first kappa shape index (κ1) is 16.3. The van der Waals surface area contributed by atoms with Crippen LogP contribution in [0.5, 0.6) is 0 Å². The van der Waals surface area contributed by atoms with Gasteiger partial charge in [-0.25, -0.2) is 30.7 Å². The monoisotopic (exact) mass is 330 g/mol.